The first-order chi connectivity index (χ1) is 6.24. The Labute approximate surface area is 73.8 Å². The van der Waals surface area contributed by atoms with Crippen molar-refractivity contribution in [2.45, 2.75) is 13.3 Å². The fourth-order valence-corrected chi connectivity index (χ4v) is 0.651. The van der Waals surface area contributed by atoms with Crippen LogP contribution in [0.5, 0.6) is 0 Å². The van der Waals surface area contributed by atoms with E-state index in [2.05, 4.69) is 14.6 Å². The van der Waals surface area contributed by atoms with Crippen LogP contribution in [-0.4, -0.2) is 10.2 Å². The Morgan fingerprint density at radius 2 is 2.08 bits per heavy atom. The number of halogens is 2. The van der Waals surface area contributed by atoms with Crippen LogP contribution in [-0.2, 0) is 0 Å². The molecular weight excluding hydrogens is 178 g/mol. The summed E-state index contributed by atoms with van der Waals surface area (Å²) in [6.45, 7) is 1.84. The zero-order valence-electron chi connectivity index (χ0n) is 6.95. The molecule has 13 heavy (non-hydrogen) atoms. The van der Waals surface area contributed by atoms with Crippen molar-refractivity contribution in [3.63, 3.8) is 0 Å². The topological polar surface area (TPSA) is 38.9 Å². The van der Waals surface area contributed by atoms with Gasteiger partial charge in [-0.05, 0) is 6.92 Å². The van der Waals surface area contributed by atoms with Crippen LogP contribution in [0.2, 0.25) is 0 Å². The molecule has 70 valence electrons. The van der Waals surface area contributed by atoms with E-state index in [1.807, 2.05) is 6.92 Å². The lowest BCUT2D eigenvalue weighted by molar-refractivity contribution is 0.114. The minimum atomic E-state index is -2.71. The predicted octanol–water partition coefficient (Wildman–Crippen LogP) is 2.60. The minimum absolute atomic E-state index is 0.0772. The van der Waals surface area contributed by atoms with E-state index in [9.17, 15) is 8.78 Å². The summed E-state index contributed by atoms with van der Waals surface area (Å²) in [4.78, 5) is 0. The maximum absolute atomic E-state index is 11.9. The second kappa shape index (κ2) is 4.49. The summed E-state index contributed by atoms with van der Waals surface area (Å²) >= 11 is 0. The molecule has 0 aliphatic heterocycles. The van der Waals surface area contributed by atoms with Crippen LogP contribution >= 0.6 is 0 Å². The summed E-state index contributed by atoms with van der Waals surface area (Å²) in [5, 5.41) is 6.54. The molecule has 0 N–H and O–H groups in total. The van der Waals surface area contributed by atoms with Crippen LogP contribution in [0.1, 0.15) is 25.1 Å². The van der Waals surface area contributed by atoms with E-state index in [1.54, 1.807) is 18.2 Å². The van der Waals surface area contributed by atoms with E-state index in [-0.39, 0.29) is 5.89 Å². The predicted molar refractivity (Wildman–Crippen MR) is 43.1 cm³/mol. The molecule has 0 saturated carbocycles. The highest BCUT2D eigenvalue weighted by Crippen LogP contribution is 2.16. The van der Waals surface area contributed by atoms with Gasteiger partial charge in [0.1, 0.15) is 0 Å². The molecule has 0 spiro atoms. The second-order valence-electron chi connectivity index (χ2n) is 2.16. The lowest BCUT2D eigenvalue weighted by atomic mass is 10.4. The maximum Gasteiger partial charge on any atom is 0.314 e. The third kappa shape index (κ3) is 2.77. The first-order valence-electron chi connectivity index (χ1n) is 3.65. The van der Waals surface area contributed by atoms with Crippen LogP contribution in [0.25, 0.3) is 6.08 Å². The Morgan fingerprint density at radius 1 is 1.31 bits per heavy atom. The molecule has 0 fully saturated rings. The van der Waals surface area contributed by atoms with Gasteiger partial charge in [0, 0.05) is 6.08 Å². The van der Waals surface area contributed by atoms with Crippen molar-refractivity contribution < 1.29 is 13.2 Å². The van der Waals surface area contributed by atoms with Gasteiger partial charge in [0.05, 0.1) is 0 Å². The van der Waals surface area contributed by atoms with Gasteiger partial charge in [-0.3, -0.25) is 0 Å². The molecule has 0 amide bonds. The Bertz CT molecular complexity index is 318. The van der Waals surface area contributed by atoms with E-state index in [0.29, 0.717) is 0 Å². The summed E-state index contributed by atoms with van der Waals surface area (Å²) < 4.78 is 28.5. The van der Waals surface area contributed by atoms with Gasteiger partial charge >= 0.3 is 6.43 Å². The molecule has 0 saturated heterocycles. The zero-order valence-corrected chi connectivity index (χ0v) is 6.95. The molecular formula is C8H8F2N2O. The highest BCUT2D eigenvalue weighted by atomic mass is 19.3. The van der Waals surface area contributed by atoms with Crippen molar-refractivity contribution in [2.24, 2.45) is 0 Å². The van der Waals surface area contributed by atoms with Gasteiger partial charge in [-0.1, -0.05) is 18.2 Å². The first-order valence-corrected chi connectivity index (χ1v) is 3.65. The summed E-state index contributed by atoms with van der Waals surface area (Å²) in [7, 11) is 0. The molecule has 1 rings (SSSR count). The number of allylic oxidation sites excluding steroid dienone is 3. The molecule has 5 heteroatoms. The van der Waals surface area contributed by atoms with Gasteiger partial charge in [-0.25, -0.2) is 0 Å². The summed E-state index contributed by atoms with van der Waals surface area (Å²) in [6.07, 6.45) is 3.89. The lowest BCUT2D eigenvalue weighted by Crippen LogP contribution is -1.81. The third-order valence-corrected chi connectivity index (χ3v) is 1.19. The Morgan fingerprint density at radius 3 is 2.62 bits per heavy atom. The summed E-state index contributed by atoms with van der Waals surface area (Å²) in [5.41, 5.74) is 0. The van der Waals surface area contributed by atoms with Crippen LogP contribution in [0, 0.1) is 0 Å². The Hall–Kier alpha value is -1.52. The van der Waals surface area contributed by atoms with Crippen molar-refractivity contribution in [3.8, 4) is 0 Å². The van der Waals surface area contributed by atoms with Crippen molar-refractivity contribution in [1.29, 1.82) is 0 Å². The quantitative estimate of drug-likeness (QED) is 0.681. The summed E-state index contributed by atoms with van der Waals surface area (Å²) in [6, 6.07) is 0. The van der Waals surface area contributed by atoms with E-state index >= 15 is 0 Å². The van der Waals surface area contributed by atoms with Gasteiger partial charge in [-0.2, -0.15) is 8.78 Å². The van der Waals surface area contributed by atoms with Crippen LogP contribution in [0.4, 0.5) is 8.78 Å². The smallest absolute Gasteiger partial charge is 0.314 e. The molecule has 0 aliphatic carbocycles. The lowest BCUT2D eigenvalue weighted by Gasteiger charge is -1.85. The average molecular weight is 186 g/mol. The van der Waals surface area contributed by atoms with E-state index in [4.69, 9.17) is 0 Å². The fraction of sp³-hybridized carbons (Fsp3) is 0.250. The van der Waals surface area contributed by atoms with Gasteiger partial charge in [-0.15, -0.1) is 10.2 Å². The monoisotopic (exact) mass is 186 g/mol. The standard InChI is InChI=1S/C8H8F2N2O/c1-2-3-4-5-6-11-12-8(13-6)7(9)10/h2-5,7H,1H3/b3-2+,5-4+. The number of nitrogens with zero attached hydrogens (tertiary/aromatic N) is 2. The number of aromatic nitrogens is 2. The largest absolute Gasteiger partial charge is 0.416 e. The third-order valence-electron chi connectivity index (χ3n) is 1.19. The molecule has 1 aromatic heterocycles. The molecule has 0 bridgehead atoms. The van der Waals surface area contributed by atoms with Crippen molar-refractivity contribution in [3.05, 3.63) is 30.0 Å². The van der Waals surface area contributed by atoms with Crippen molar-refractivity contribution in [2.75, 3.05) is 0 Å². The molecule has 0 atom stereocenters. The van der Waals surface area contributed by atoms with Crippen LogP contribution in [0.3, 0.4) is 0 Å². The van der Waals surface area contributed by atoms with E-state index in [1.165, 1.54) is 6.08 Å². The Balaban J connectivity index is 2.69. The molecule has 0 radical (unpaired) electrons. The van der Waals surface area contributed by atoms with Crippen LogP contribution < -0.4 is 0 Å². The van der Waals surface area contributed by atoms with Gasteiger partial charge in [0.25, 0.3) is 5.89 Å². The molecule has 3 nitrogen and oxygen atoms in total. The molecule has 0 aromatic carbocycles. The molecule has 1 aromatic rings. The van der Waals surface area contributed by atoms with E-state index < -0.39 is 12.3 Å². The average Bonchev–Trinajstić information content (AvgIpc) is 2.53. The first kappa shape index (κ1) is 9.57. The minimum Gasteiger partial charge on any atom is -0.416 e. The van der Waals surface area contributed by atoms with Crippen LogP contribution in [0.15, 0.2) is 22.6 Å². The fourth-order valence-electron chi connectivity index (χ4n) is 0.651. The second-order valence-corrected chi connectivity index (χ2v) is 2.16. The molecule has 0 unspecified atom stereocenters. The normalized spacial score (nSPS) is 12.3. The molecule has 0 aliphatic rings. The highest BCUT2D eigenvalue weighted by molar-refractivity contribution is 5.40. The van der Waals surface area contributed by atoms with Gasteiger partial charge in [0.15, 0.2) is 0 Å². The van der Waals surface area contributed by atoms with E-state index in [0.717, 1.165) is 0 Å². The number of rotatable bonds is 3. The SMILES string of the molecule is C/C=C/C=C/c1nnc(C(F)F)o1. The summed E-state index contributed by atoms with van der Waals surface area (Å²) in [5.74, 6) is -0.575. The maximum atomic E-state index is 11.9. The Kier molecular flexibility index (Phi) is 3.31. The number of alkyl halides is 2. The van der Waals surface area contributed by atoms with Gasteiger partial charge in [0.2, 0.25) is 5.89 Å². The highest BCUT2D eigenvalue weighted by Gasteiger charge is 2.14. The van der Waals surface area contributed by atoms with Gasteiger partial charge < -0.3 is 4.42 Å². The number of hydrogen-bond donors (Lipinski definition) is 0. The zero-order chi connectivity index (χ0) is 9.68. The molecule has 1 heterocycles. The van der Waals surface area contributed by atoms with Crippen molar-refractivity contribution >= 4 is 6.08 Å². The van der Waals surface area contributed by atoms with Crippen molar-refractivity contribution in [1.82, 2.24) is 10.2 Å². The number of hydrogen-bond acceptors (Lipinski definition) is 3.